The molecule has 106 valence electrons. The predicted molar refractivity (Wildman–Crippen MR) is 73.0 cm³/mol. The Balaban J connectivity index is 2.13. The van der Waals surface area contributed by atoms with Crippen LogP contribution in [0.3, 0.4) is 0 Å². The number of carboxylic acids is 1. The van der Waals surface area contributed by atoms with E-state index in [1.165, 1.54) is 0 Å². The summed E-state index contributed by atoms with van der Waals surface area (Å²) in [5.74, 6) is -2.66. The lowest BCUT2D eigenvalue weighted by Gasteiger charge is -2.27. The predicted octanol–water partition coefficient (Wildman–Crippen LogP) is 0.881. The lowest BCUT2D eigenvalue weighted by molar-refractivity contribution is -0.146. The zero-order valence-corrected chi connectivity index (χ0v) is 10.8. The maximum absolute atomic E-state index is 12.4. The van der Waals surface area contributed by atoms with Crippen LogP contribution in [-0.4, -0.2) is 45.5 Å². The highest BCUT2D eigenvalue weighted by Gasteiger charge is 2.34. The van der Waals surface area contributed by atoms with Crippen molar-refractivity contribution in [3.63, 3.8) is 0 Å². The molecule has 3 rings (SSSR count). The molecule has 1 aliphatic rings. The number of aliphatic carboxylic acids is 1. The molecule has 1 aliphatic heterocycles. The summed E-state index contributed by atoms with van der Waals surface area (Å²) in [6.07, 6.45) is -1.80. The van der Waals surface area contributed by atoms with Crippen molar-refractivity contribution in [2.24, 2.45) is 0 Å². The zero-order valence-electron chi connectivity index (χ0n) is 10.8. The fourth-order valence-electron chi connectivity index (χ4n) is 2.50. The van der Waals surface area contributed by atoms with Gasteiger partial charge in [0.25, 0.3) is 11.8 Å². The number of nitrogens with zero attached hydrogens (tertiary/aromatic N) is 1. The van der Waals surface area contributed by atoms with Gasteiger partial charge in [-0.05, 0) is 17.5 Å². The van der Waals surface area contributed by atoms with Crippen molar-refractivity contribution < 1.29 is 24.6 Å². The van der Waals surface area contributed by atoms with E-state index in [1.54, 1.807) is 36.4 Å². The number of hydrogen-bond donors (Lipinski definition) is 2. The summed E-state index contributed by atoms with van der Waals surface area (Å²) in [5, 5.41) is 19.5. The highest BCUT2D eigenvalue weighted by atomic mass is 16.4. The van der Waals surface area contributed by atoms with Gasteiger partial charge in [-0.25, -0.2) is 4.79 Å². The number of imide groups is 1. The molecule has 1 atom stereocenters. The van der Waals surface area contributed by atoms with Crippen LogP contribution in [0.15, 0.2) is 36.4 Å². The first-order valence-electron chi connectivity index (χ1n) is 6.29. The van der Waals surface area contributed by atoms with E-state index in [1.807, 2.05) is 0 Å². The van der Waals surface area contributed by atoms with Gasteiger partial charge in [0, 0.05) is 16.5 Å². The SMILES string of the molecule is O=C(O)C(O)CN1C(=O)c2cccc3cccc(c23)C1=O. The number of amides is 2. The van der Waals surface area contributed by atoms with Gasteiger partial charge in [0.2, 0.25) is 0 Å². The van der Waals surface area contributed by atoms with E-state index >= 15 is 0 Å². The minimum atomic E-state index is -1.80. The van der Waals surface area contributed by atoms with Crippen molar-refractivity contribution in [3.8, 4) is 0 Å². The Morgan fingerprint density at radius 3 is 2.05 bits per heavy atom. The van der Waals surface area contributed by atoms with E-state index in [2.05, 4.69) is 0 Å². The molecule has 21 heavy (non-hydrogen) atoms. The van der Waals surface area contributed by atoms with Crippen molar-refractivity contribution in [1.82, 2.24) is 4.90 Å². The van der Waals surface area contributed by atoms with Gasteiger partial charge < -0.3 is 10.2 Å². The second kappa shape index (κ2) is 4.68. The van der Waals surface area contributed by atoms with Crippen LogP contribution >= 0.6 is 0 Å². The third kappa shape index (κ3) is 1.96. The molecule has 0 spiro atoms. The van der Waals surface area contributed by atoms with E-state index in [4.69, 9.17) is 5.11 Å². The molecule has 0 saturated carbocycles. The Hall–Kier alpha value is -2.73. The largest absolute Gasteiger partial charge is 0.479 e. The molecule has 2 amide bonds. The van der Waals surface area contributed by atoms with Gasteiger partial charge in [0.1, 0.15) is 0 Å². The molecule has 0 bridgehead atoms. The van der Waals surface area contributed by atoms with Gasteiger partial charge in [-0.1, -0.05) is 24.3 Å². The van der Waals surface area contributed by atoms with Gasteiger partial charge in [-0.15, -0.1) is 0 Å². The van der Waals surface area contributed by atoms with Crippen LogP contribution in [0.5, 0.6) is 0 Å². The van der Waals surface area contributed by atoms with E-state index in [-0.39, 0.29) is 0 Å². The third-order valence-electron chi connectivity index (χ3n) is 3.50. The zero-order chi connectivity index (χ0) is 15.1. The molecule has 1 unspecified atom stereocenters. The first-order chi connectivity index (χ1) is 10.0. The molecule has 0 saturated heterocycles. The van der Waals surface area contributed by atoms with Gasteiger partial charge in [0.15, 0.2) is 6.10 Å². The number of rotatable bonds is 3. The van der Waals surface area contributed by atoms with E-state index < -0.39 is 30.4 Å². The van der Waals surface area contributed by atoms with Gasteiger partial charge in [-0.3, -0.25) is 14.5 Å². The van der Waals surface area contributed by atoms with Crippen molar-refractivity contribution in [3.05, 3.63) is 47.5 Å². The molecule has 2 N–H and O–H groups in total. The molecule has 0 radical (unpaired) electrons. The van der Waals surface area contributed by atoms with Crippen molar-refractivity contribution >= 4 is 28.6 Å². The van der Waals surface area contributed by atoms with Gasteiger partial charge in [-0.2, -0.15) is 0 Å². The number of aliphatic hydroxyl groups excluding tert-OH is 1. The summed E-state index contributed by atoms with van der Waals surface area (Å²) < 4.78 is 0. The number of carbonyl (C=O) groups is 3. The summed E-state index contributed by atoms with van der Waals surface area (Å²) in [6, 6.07) is 10.2. The van der Waals surface area contributed by atoms with Crippen LogP contribution in [0.2, 0.25) is 0 Å². The maximum Gasteiger partial charge on any atom is 0.334 e. The van der Waals surface area contributed by atoms with E-state index in [0.717, 1.165) is 10.3 Å². The Kier molecular flexibility index (Phi) is 2.95. The minimum absolute atomic E-state index is 0.334. The number of β-amino-alcohol motifs (C(OH)–C–C–N with tert-alkyl or cyclic N) is 1. The normalized spacial score (nSPS) is 15.4. The third-order valence-corrected chi connectivity index (χ3v) is 3.50. The molecule has 0 aromatic heterocycles. The number of benzene rings is 2. The highest BCUT2D eigenvalue weighted by molar-refractivity contribution is 6.25. The van der Waals surface area contributed by atoms with Crippen molar-refractivity contribution in [1.29, 1.82) is 0 Å². The second-order valence-corrected chi connectivity index (χ2v) is 4.78. The lowest BCUT2D eigenvalue weighted by Crippen LogP contribution is -2.46. The average Bonchev–Trinajstić information content (AvgIpc) is 2.48. The average molecular weight is 285 g/mol. The monoisotopic (exact) mass is 285 g/mol. The van der Waals surface area contributed by atoms with Crippen LogP contribution in [0.4, 0.5) is 0 Å². The summed E-state index contributed by atoms with van der Waals surface area (Å²) >= 11 is 0. The van der Waals surface area contributed by atoms with Crippen LogP contribution in [0, 0.1) is 0 Å². The van der Waals surface area contributed by atoms with Crippen LogP contribution in [-0.2, 0) is 4.79 Å². The summed E-state index contributed by atoms with van der Waals surface area (Å²) in [5.41, 5.74) is 0.667. The molecule has 0 fully saturated rings. The quantitative estimate of drug-likeness (QED) is 0.816. The Morgan fingerprint density at radius 1 is 1.05 bits per heavy atom. The van der Waals surface area contributed by atoms with Crippen molar-refractivity contribution in [2.75, 3.05) is 6.54 Å². The number of carbonyl (C=O) groups excluding carboxylic acids is 2. The highest BCUT2D eigenvalue weighted by Crippen LogP contribution is 2.29. The van der Waals surface area contributed by atoms with E-state index in [9.17, 15) is 19.5 Å². The first-order valence-corrected chi connectivity index (χ1v) is 6.29. The molecule has 2 aromatic carbocycles. The molecular weight excluding hydrogens is 274 g/mol. The Labute approximate surface area is 119 Å². The minimum Gasteiger partial charge on any atom is -0.479 e. The summed E-state index contributed by atoms with van der Waals surface area (Å²) in [6.45, 7) is -0.572. The molecule has 6 heteroatoms. The van der Waals surface area contributed by atoms with Crippen molar-refractivity contribution in [2.45, 2.75) is 6.10 Å². The molecular formula is C15H11NO5. The second-order valence-electron chi connectivity index (χ2n) is 4.78. The summed E-state index contributed by atoms with van der Waals surface area (Å²) in [7, 11) is 0. The standard InChI is InChI=1S/C15H11NO5/c17-11(15(20)21)7-16-13(18)9-5-1-3-8-4-2-6-10(12(8)9)14(16)19/h1-6,11,17H,7H2,(H,20,21). The van der Waals surface area contributed by atoms with Gasteiger partial charge in [0.05, 0.1) is 6.54 Å². The fourth-order valence-corrected chi connectivity index (χ4v) is 2.50. The lowest BCUT2D eigenvalue weighted by atomic mass is 9.94. The number of aliphatic hydroxyl groups is 1. The van der Waals surface area contributed by atoms with Gasteiger partial charge >= 0.3 is 5.97 Å². The first kappa shape index (κ1) is 13.3. The van der Waals surface area contributed by atoms with E-state index in [0.29, 0.717) is 16.5 Å². The molecule has 2 aromatic rings. The topological polar surface area (TPSA) is 94.9 Å². The fraction of sp³-hybridized carbons (Fsp3) is 0.133. The number of hydrogen-bond acceptors (Lipinski definition) is 4. The number of carboxylic acid groups (broad SMARTS) is 1. The van der Waals surface area contributed by atoms with Crippen LogP contribution < -0.4 is 0 Å². The molecule has 0 aliphatic carbocycles. The molecule has 6 nitrogen and oxygen atoms in total. The molecule has 1 heterocycles. The maximum atomic E-state index is 12.4. The smallest absolute Gasteiger partial charge is 0.334 e. The Morgan fingerprint density at radius 2 is 1.57 bits per heavy atom. The summed E-state index contributed by atoms with van der Waals surface area (Å²) in [4.78, 5) is 36.2. The van der Waals surface area contributed by atoms with Crippen LogP contribution in [0.1, 0.15) is 20.7 Å². The Bertz CT molecular complexity index is 732. The van der Waals surface area contributed by atoms with Crippen LogP contribution in [0.25, 0.3) is 10.8 Å².